The highest BCUT2D eigenvalue weighted by atomic mass is 35.5. The van der Waals surface area contributed by atoms with E-state index in [1.807, 2.05) is 54.6 Å². The molecule has 0 heterocycles. The molecule has 0 atom stereocenters. The fourth-order valence-electron chi connectivity index (χ4n) is 1.80. The molecule has 3 nitrogen and oxygen atoms in total. The molecule has 0 aliphatic rings. The van der Waals surface area contributed by atoms with E-state index in [9.17, 15) is 4.79 Å². The van der Waals surface area contributed by atoms with E-state index in [0.29, 0.717) is 13.2 Å². The van der Waals surface area contributed by atoms with Gasteiger partial charge >= 0.3 is 6.09 Å². The number of halogens is 1. The molecule has 1 amide bonds. The number of rotatable bonds is 7. The van der Waals surface area contributed by atoms with Gasteiger partial charge in [-0.25, -0.2) is 4.79 Å². The Morgan fingerprint density at radius 2 is 1.82 bits per heavy atom. The number of ether oxygens (including phenoxy) is 1. The van der Waals surface area contributed by atoms with Gasteiger partial charge in [-0.05, 0) is 17.2 Å². The van der Waals surface area contributed by atoms with Crippen molar-refractivity contribution >= 4 is 29.5 Å². The van der Waals surface area contributed by atoms with Crippen LogP contribution < -0.4 is 5.32 Å². The molecule has 0 unspecified atom stereocenters. The second-order valence-electron chi connectivity index (χ2n) is 4.63. The number of alkyl carbamates (subject to hydrolysis) is 1. The zero-order valence-corrected chi connectivity index (χ0v) is 13.7. The number of carbonyl (C=O) groups excluding carboxylic acids is 1. The van der Waals surface area contributed by atoms with Gasteiger partial charge in [0.05, 0.1) is 0 Å². The molecule has 0 saturated carbocycles. The molecule has 5 heteroatoms. The first kappa shape index (κ1) is 16.7. The van der Waals surface area contributed by atoms with Gasteiger partial charge in [-0.2, -0.15) is 11.8 Å². The second-order valence-corrected chi connectivity index (χ2v) is 6.14. The topological polar surface area (TPSA) is 38.3 Å². The lowest BCUT2D eigenvalue weighted by Gasteiger charge is -2.07. The third-order valence-corrected chi connectivity index (χ3v) is 4.32. The smallest absolute Gasteiger partial charge is 0.407 e. The predicted molar refractivity (Wildman–Crippen MR) is 92.2 cm³/mol. The van der Waals surface area contributed by atoms with Gasteiger partial charge in [-0.15, -0.1) is 0 Å². The Bertz CT molecular complexity index is 592. The summed E-state index contributed by atoms with van der Waals surface area (Å²) in [6, 6.07) is 17.4. The van der Waals surface area contributed by atoms with Crippen LogP contribution in [0.4, 0.5) is 4.79 Å². The maximum Gasteiger partial charge on any atom is 0.407 e. The summed E-state index contributed by atoms with van der Waals surface area (Å²) >= 11 is 7.81. The van der Waals surface area contributed by atoms with E-state index in [2.05, 4.69) is 5.32 Å². The maximum absolute atomic E-state index is 11.5. The summed E-state index contributed by atoms with van der Waals surface area (Å²) in [5, 5.41) is 3.52. The van der Waals surface area contributed by atoms with Crippen molar-refractivity contribution in [2.45, 2.75) is 12.4 Å². The first-order valence-corrected chi connectivity index (χ1v) is 8.54. The SMILES string of the molecule is O=C(NCCSCc1ccccc1Cl)OCc1ccccc1. The molecule has 0 fully saturated rings. The summed E-state index contributed by atoms with van der Waals surface area (Å²) in [6.07, 6.45) is -0.387. The van der Waals surface area contributed by atoms with Gasteiger partial charge in [0.1, 0.15) is 6.61 Å². The van der Waals surface area contributed by atoms with E-state index in [0.717, 1.165) is 27.7 Å². The van der Waals surface area contributed by atoms with Gasteiger partial charge in [0, 0.05) is 23.1 Å². The zero-order valence-electron chi connectivity index (χ0n) is 12.1. The van der Waals surface area contributed by atoms with E-state index in [-0.39, 0.29) is 6.09 Å². The maximum atomic E-state index is 11.5. The lowest BCUT2D eigenvalue weighted by molar-refractivity contribution is 0.140. The zero-order chi connectivity index (χ0) is 15.6. The van der Waals surface area contributed by atoms with Crippen molar-refractivity contribution in [3.05, 3.63) is 70.7 Å². The van der Waals surface area contributed by atoms with Crippen LogP contribution in [0.1, 0.15) is 11.1 Å². The minimum atomic E-state index is -0.387. The third kappa shape index (κ3) is 6.00. The van der Waals surface area contributed by atoms with Crippen LogP contribution in [0.15, 0.2) is 54.6 Å². The van der Waals surface area contributed by atoms with E-state index < -0.39 is 0 Å². The van der Waals surface area contributed by atoms with Crippen molar-refractivity contribution < 1.29 is 9.53 Å². The van der Waals surface area contributed by atoms with Crippen molar-refractivity contribution in [3.8, 4) is 0 Å². The fourth-order valence-corrected chi connectivity index (χ4v) is 2.94. The molecule has 0 aliphatic heterocycles. The molecule has 0 spiro atoms. The van der Waals surface area contributed by atoms with Crippen LogP contribution in [-0.4, -0.2) is 18.4 Å². The van der Waals surface area contributed by atoms with Crippen molar-refractivity contribution in [3.63, 3.8) is 0 Å². The van der Waals surface area contributed by atoms with Gasteiger partial charge in [-0.1, -0.05) is 60.1 Å². The van der Waals surface area contributed by atoms with Gasteiger partial charge in [0.2, 0.25) is 0 Å². The highest BCUT2D eigenvalue weighted by molar-refractivity contribution is 7.98. The molecule has 116 valence electrons. The van der Waals surface area contributed by atoms with E-state index >= 15 is 0 Å². The van der Waals surface area contributed by atoms with Crippen molar-refractivity contribution in [2.24, 2.45) is 0 Å². The Morgan fingerprint density at radius 3 is 2.59 bits per heavy atom. The highest BCUT2D eigenvalue weighted by Gasteiger charge is 2.02. The third-order valence-electron chi connectivity index (χ3n) is 2.94. The summed E-state index contributed by atoms with van der Waals surface area (Å²) in [5.74, 6) is 1.64. The summed E-state index contributed by atoms with van der Waals surface area (Å²) in [7, 11) is 0. The average molecular weight is 336 g/mol. The molecule has 22 heavy (non-hydrogen) atoms. The average Bonchev–Trinajstić information content (AvgIpc) is 2.55. The van der Waals surface area contributed by atoms with Crippen molar-refractivity contribution in [1.82, 2.24) is 5.32 Å². The summed E-state index contributed by atoms with van der Waals surface area (Å²) in [5.41, 5.74) is 2.09. The summed E-state index contributed by atoms with van der Waals surface area (Å²) in [6.45, 7) is 0.863. The molecule has 0 aliphatic carbocycles. The number of hydrogen-bond acceptors (Lipinski definition) is 3. The van der Waals surface area contributed by atoms with Crippen LogP contribution in [-0.2, 0) is 17.1 Å². The van der Waals surface area contributed by atoms with E-state index in [1.165, 1.54) is 0 Å². The van der Waals surface area contributed by atoms with E-state index in [1.54, 1.807) is 11.8 Å². The molecule has 2 aromatic carbocycles. The number of nitrogens with one attached hydrogen (secondary N) is 1. The molecule has 0 saturated heterocycles. The first-order valence-electron chi connectivity index (χ1n) is 7.01. The molecular formula is C17H18ClNO2S. The lowest BCUT2D eigenvalue weighted by Crippen LogP contribution is -2.26. The van der Waals surface area contributed by atoms with Gasteiger partial charge < -0.3 is 10.1 Å². The molecule has 0 radical (unpaired) electrons. The van der Waals surface area contributed by atoms with Gasteiger partial charge in [0.25, 0.3) is 0 Å². The van der Waals surface area contributed by atoms with Crippen LogP contribution in [0.3, 0.4) is 0 Å². The fraction of sp³-hybridized carbons (Fsp3) is 0.235. The quantitative estimate of drug-likeness (QED) is 0.757. The van der Waals surface area contributed by atoms with Crippen LogP contribution in [0, 0.1) is 0 Å². The second kappa shape index (κ2) is 9.38. The molecule has 1 N–H and O–H groups in total. The lowest BCUT2D eigenvalue weighted by atomic mass is 10.2. The Morgan fingerprint density at radius 1 is 1.09 bits per heavy atom. The molecular weight excluding hydrogens is 318 g/mol. The number of hydrogen-bond donors (Lipinski definition) is 1. The number of amides is 1. The Kier molecular flexibility index (Phi) is 7.13. The van der Waals surface area contributed by atoms with Gasteiger partial charge in [0.15, 0.2) is 0 Å². The minimum absolute atomic E-state index is 0.291. The van der Waals surface area contributed by atoms with Crippen molar-refractivity contribution in [1.29, 1.82) is 0 Å². The Hall–Kier alpha value is -1.65. The molecule has 0 aromatic heterocycles. The number of thioether (sulfide) groups is 1. The largest absolute Gasteiger partial charge is 0.445 e. The molecule has 2 aromatic rings. The normalized spacial score (nSPS) is 10.2. The standard InChI is InChI=1S/C17H18ClNO2S/c18-16-9-5-4-8-15(16)13-22-11-10-19-17(20)21-12-14-6-2-1-3-7-14/h1-9H,10-13H2,(H,19,20). The Balaban J connectivity index is 1.57. The number of carbonyl (C=O) groups is 1. The highest BCUT2D eigenvalue weighted by Crippen LogP contribution is 2.20. The van der Waals surface area contributed by atoms with Crippen LogP contribution in [0.5, 0.6) is 0 Å². The summed E-state index contributed by atoms with van der Waals surface area (Å²) in [4.78, 5) is 11.5. The minimum Gasteiger partial charge on any atom is -0.445 e. The summed E-state index contributed by atoms with van der Waals surface area (Å²) < 4.78 is 5.13. The van der Waals surface area contributed by atoms with Crippen molar-refractivity contribution in [2.75, 3.05) is 12.3 Å². The van der Waals surface area contributed by atoms with Crippen LogP contribution >= 0.6 is 23.4 Å². The molecule has 0 bridgehead atoms. The first-order chi connectivity index (χ1) is 10.8. The van der Waals surface area contributed by atoms with E-state index in [4.69, 9.17) is 16.3 Å². The Labute approximate surface area is 140 Å². The van der Waals surface area contributed by atoms with Crippen LogP contribution in [0.2, 0.25) is 5.02 Å². The number of benzene rings is 2. The monoisotopic (exact) mass is 335 g/mol. The molecule has 2 rings (SSSR count). The van der Waals surface area contributed by atoms with Crippen LogP contribution in [0.25, 0.3) is 0 Å². The predicted octanol–water partition coefficient (Wildman–Crippen LogP) is 4.50. The van der Waals surface area contributed by atoms with Gasteiger partial charge in [-0.3, -0.25) is 0 Å².